The number of aromatic hydroxyl groups is 1. The number of rotatable bonds is 3. The van der Waals surface area contributed by atoms with E-state index >= 15 is 0 Å². The van der Waals surface area contributed by atoms with E-state index in [-0.39, 0.29) is 50.6 Å². The van der Waals surface area contributed by atoms with Crippen molar-refractivity contribution < 1.29 is 19.5 Å². The maximum absolute atomic E-state index is 14.5. The quantitative estimate of drug-likeness (QED) is 0.365. The molecule has 5 aliphatic carbocycles. The molecule has 8 atom stereocenters. The van der Waals surface area contributed by atoms with Crippen molar-refractivity contribution in [1.29, 1.82) is 0 Å². The molecule has 2 N–H and O–H groups in total. The Morgan fingerprint density at radius 2 is 1.68 bits per heavy atom. The van der Waals surface area contributed by atoms with E-state index in [4.69, 9.17) is 4.84 Å². The molecule has 0 spiro atoms. The number of phenolic OH excluding ortho intramolecular Hbond substituents is 1. The minimum absolute atomic E-state index is 0.0435. The second-order valence-corrected chi connectivity index (χ2v) is 16.6. The molecule has 0 saturated heterocycles. The minimum Gasteiger partial charge on any atom is -0.508 e. The van der Waals surface area contributed by atoms with Crippen LogP contribution in [0, 0.1) is 50.2 Å². The first-order chi connectivity index (χ1) is 19.1. The van der Waals surface area contributed by atoms with Crippen molar-refractivity contribution in [2.75, 3.05) is 0 Å². The summed E-state index contributed by atoms with van der Waals surface area (Å²) in [4.78, 5) is 33.7. The molecular weight excluding hydrogens is 510 g/mol. The molecule has 0 radical (unpaired) electrons. The Morgan fingerprint density at radius 3 is 2.41 bits per heavy atom. The summed E-state index contributed by atoms with van der Waals surface area (Å²) in [5.41, 5.74) is 3.74. The molecule has 0 bridgehead atoms. The summed E-state index contributed by atoms with van der Waals surface area (Å²) in [6.45, 7) is 16.8. The lowest BCUT2D eigenvalue weighted by molar-refractivity contribution is -0.185. The molecule has 4 saturated carbocycles. The molecular formula is C36H51NO4. The second kappa shape index (κ2) is 9.10. The lowest BCUT2D eigenvalue weighted by atomic mass is 9.33. The number of nitrogens with one attached hydrogen (secondary N) is 1. The number of ketones is 1. The maximum atomic E-state index is 14.5. The van der Waals surface area contributed by atoms with E-state index in [0.717, 1.165) is 44.9 Å². The lowest BCUT2D eigenvalue weighted by Crippen LogP contribution is -2.65. The van der Waals surface area contributed by atoms with E-state index in [0.29, 0.717) is 17.5 Å². The molecule has 0 heterocycles. The molecule has 5 aliphatic rings. The number of benzene rings is 1. The van der Waals surface area contributed by atoms with Gasteiger partial charge in [-0.05, 0) is 115 Å². The topological polar surface area (TPSA) is 75.6 Å². The summed E-state index contributed by atoms with van der Waals surface area (Å²) in [6, 6.07) is 6.47. The number of phenols is 1. The minimum atomic E-state index is -0.599. The van der Waals surface area contributed by atoms with Crippen molar-refractivity contribution in [3.05, 3.63) is 35.9 Å². The summed E-state index contributed by atoms with van der Waals surface area (Å²) in [7, 11) is 0. The van der Waals surface area contributed by atoms with Crippen molar-refractivity contribution in [3.63, 3.8) is 0 Å². The van der Waals surface area contributed by atoms with E-state index in [9.17, 15) is 14.7 Å². The fraction of sp³-hybridized carbons (Fsp3) is 0.722. The number of amides is 1. The average Bonchev–Trinajstić information content (AvgIpc) is 2.89. The van der Waals surface area contributed by atoms with Crippen LogP contribution in [0.1, 0.15) is 113 Å². The normalized spacial score (nSPS) is 44.8. The van der Waals surface area contributed by atoms with Gasteiger partial charge in [-0.3, -0.25) is 9.59 Å². The number of fused-ring (bicyclic) bond motifs is 7. The van der Waals surface area contributed by atoms with Crippen molar-refractivity contribution in [2.24, 2.45) is 50.2 Å². The first kappa shape index (κ1) is 28.8. The fourth-order valence-corrected chi connectivity index (χ4v) is 11.3. The zero-order valence-corrected chi connectivity index (χ0v) is 26.4. The number of hydrogen-bond acceptors (Lipinski definition) is 4. The van der Waals surface area contributed by atoms with Crippen LogP contribution in [0.5, 0.6) is 11.5 Å². The Morgan fingerprint density at radius 1 is 0.951 bits per heavy atom. The van der Waals surface area contributed by atoms with Gasteiger partial charge in [-0.1, -0.05) is 66.5 Å². The summed E-state index contributed by atoms with van der Waals surface area (Å²) >= 11 is 0. The van der Waals surface area contributed by atoms with Gasteiger partial charge in [-0.15, -0.1) is 0 Å². The van der Waals surface area contributed by atoms with Crippen LogP contribution in [0.2, 0.25) is 0 Å². The van der Waals surface area contributed by atoms with Crippen molar-refractivity contribution in [2.45, 2.75) is 113 Å². The Labute approximate surface area is 246 Å². The van der Waals surface area contributed by atoms with Gasteiger partial charge >= 0.3 is 0 Å². The van der Waals surface area contributed by atoms with Crippen molar-refractivity contribution in [1.82, 2.24) is 5.48 Å². The SMILES string of the molecule is CC1(C)CCC[C@@]2(C)C1CC[C@]1(C)[C@@H]2C(=O)C=C2[C@@H]3C[C@@](C)(C(=O)NOc4cccc(O)c4)CC[C@]3(C)CC[C@]21C. The molecule has 0 aromatic heterocycles. The highest BCUT2D eigenvalue weighted by molar-refractivity contribution is 5.95. The van der Waals surface area contributed by atoms with E-state index < -0.39 is 5.41 Å². The fourth-order valence-electron chi connectivity index (χ4n) is 11.3. The van der Waals surface area contributed by atoms with Crippen LogP contribution in [0.15, 0.2) is 35.9 Å². The van der Waals surface area contributed by atoms with Crippen LogP contribution in [0.25, 0.3) is 0 Å². The second-order valence-electron chi connectivity index (χ2n) is 16.6. The first-order valence-corrected chi connectivity index (χ1v) is 16.1. The summed E-state index contributed by atoms with van der Waals surface area (Å²) in [5.74, 6) is 1.59. The molecule has 224 valence electrons. The zero-order chi connectivity index (χ0) is 29.6. The van der Waals surface area contributed by atoms with Gasteiger partial charge in [0.25, 0.3) is 5.91 Å². The van der Waals surface area contributed by atoms with E-state index in [2.05, 4.69) is 60.0 Å². The smallest absolute Gasteiger partial charge is 0.258 e. The third kappa shape index (κ3) is 4.07. The molecule has 0 aliphatic heterocycles. The molecule has 1 amide bonds. The van der Waals surface area contributed by atoms with Gasteiger partial charge in [0.1, 0.15) is 5.75 Å². The Balaban J connectivity index is 1.32. The highest BCUT2D eigenvalue weighted by atomic mass is 16.7. The molecule has 6 rings (SSSR count). The summed E-state index contributed by atoms with van der Waals surface area (Å²) in [6.07, 6.45) is 12.8. The van der Waals surface area contributed by atoms with Crippen LogP contribution in [-0.2, 0) is 9.59 Å². The number of allylic oxidation sites excluding steroid dienone is 2. The van der Waals surface area contributed by atoms with Gasteiger partial charge in [-0.2, -0.15) is 5.48 Å². The Kier molecular flexibility index (Phi) is 6.39. The first-order valence-electron chi connectivity index (χ1n) is 16.1. The van der Waals surface area contributed by atoms with Gasteiger partial charge < -0.3 is 9.94 Å². The van der Waals surface area contributed by atoms with Crippen LogP contribution in [0.4, 0.5) is 0 Å². The Hall–Kier alpha value is -2.30. The monoisotopic (exact) mass is 561 g/mol. The lowest BCUT2D eigenvalue weighted by Gasteiger charge is -2.70. The Bertz CT molecular complexity index is 1300. The predicted octanol–water partition coefficient (Wildman–Crippen LogP) is 8.17. The maximum Gasteiger partial charge on any atom is 0.258 e. The molecule has 41 heavy (non-hydrogen) atoms. The number of hydroxylamine groups is 1. The van der Waals surface area contributed by atoms with E-state index in [1.807, 2.05) is 0 Å². The van der Waals surface area contributed by atoms with Crippen molar-refractivity contribution >= 4 is 11.7 Å². The number of hydrogen-bond donors (Lipinski definition) is 2. The van der Waals surface area contributed by atoms with E-state index in [1.165, 1.54) is 30.9 Å². The van der Waals surface area contributed by atoms with Gasteiger partial charge in [0.2, 0.25) is 0 Å². The number of carbonyl (C=O) groups excluding carboxylic acids is 2. The predicted molar refractivity (Wildman–Crippen MR) is 161 cm³/mol. The van der Waals surface area contributed by atoms with Crippen molar-refractivity contribution in [3.8, 4) is 11.5 Å². The summed E-state index contributed by atoms with van der Waals surface area (Å²) in [5, 5.41) is 9.77. The molecule has 1 aromatic carbocycles. The molecule has 5 nitrogen and oxygen atoms in total. The summed E-state index contributed by atoms with van der Waals surface area (Å²) < 4.78 is 0. The van der Waals surface area contributed by atoms with Gasteiger partial charge in [0.15, 0.2) is 11.5 Å². The third-order valence-electron chi connectivity index (χ3n) is 13.9. The van der Waals surface area contributed by atoms with Crippen LogP contribution < -0.4 is 10.3 Å². The number of carbonyl (C=O) groups is 2. The van der Waals surface area contributed by atoms with Crippen LogP contribution in [0.3, 0.4) is 0 Å². The van der Waals surface area contributed by atoms with Crippen LogP contribution in [-0.4, -0.2) is 16.8 Å². The molecule has 1 aromatic rings. The van der Waals surface area contributed by atoms with Gasteiger partial charge in [-0.25, -0.2) is 0 Å². The zero-order valence-electron chi connectivity index (χ0n) is 26.4. The molecule has 5 heteroatoms. The van der Waals surface area contributed by atoms with Crippen LogP contribution >= 0.6 is 0 Å². The third-order valence-corrected chi connectivity index (χ3v) is 13.9. The average molecular weight is 562 g/mol. The molecule has 1 unspecified atom stereocenters. The largest absolute Gasteiger partial charge is 0.508 e. The standard InChI is InChI=1S/C36H51NO4/c1-31(2)13-9-14-34(5)28(31)12-15-36(7)29(34)27(39)21-25-26-22-33(4,17-16-32(26,3)18-19-35(25,36)6)30(40)37-41-24-11-8-10-23(38)20-24/h8,10-11,20-21,26,28-29,38H,9,12-19,22H2,1-7H3,(H,37,40)/t26-,28?,29+,32+,33-,34-,35+,36+/m0/s1. The van der Waals surface area contributed by atoms with Gasteiger partial charge in [0.05, 0.1) is 0 Å². The van der Waals surface area contributed by atoms with Gasteiger partial charge in [0, 0.05) is 17.4 Å². The van der Waals surface area contributed by atoms with E-state index in [1.54, 1.807) is 18.2 Å². The highest BCUT2D eigenvalue weighted by Gasteiger charge is 2.69. The highest BCUT2D eigenvalue weighted by Crippen LogP contribution is 2.75. The molecule has 4 fully saturated rings.